The van der Waals surface area contributed by atoms with Gasteiger partial charge in [-0.05, 0) is 42.3 Å². The molecule has 0 fully saturated rings. The molecule has 2 aromatic heterocycles. The van der Waals surface area contributed by atoms with Gasteiger partial charge in [0.1, 0.15) is 12.9 Å². The summed E-state index contributed by atoms with van der Waals surface area (Å²) in [5, 5.41) is 10.8. The van der Waals surface area contributed by atoms with Gasteiger partial charge >= 0.3 is 0 Å². The minimum absolute atomic E-state index is 0.137. The minimum Gasteiger partial charge on any atom is -0.325 e. The zero-order valence-corrected chi connectivity index (χ0v) is 17.1. The van der Waals surface area contributed by atoms with Crippen LogP contribution < -0.4 is 10.9 Å². The number of hydrogen-bond acceptors (Lipinski definition) is 5. The standard InChI is InChI=1S/C20H17BrN6O2/c1-13-4-2-3-5-14(13)10-27-19-18(24-25-27)20(29)26(12-22-19)11-17(28)23-16-8-6-15(21)7-9-16/h2-9,12H,10-11H2,1H3,(H,23,28). The first kappa shape index (κ1) is 19.0. The second-order valence-electron chi connectivity index (χ2n) is 6.58. The summed E-state index contributed by atoms with van der Waals surface area (Å²) in [6, 6.07) is 15.1. The quantitative estimate of drug-likeness (QED) is 0.502. The molecule has 0 saturated carbocycles. The smallest absolute Gasteiger partial charge is 0.283 e. The number of halogens is 1. The fourth-order valence-electron chi connectivity index (χ4n) is 2.94. The first-order chi connectivity index (χ1) is 14.0. The lowest BCUT2D eigenvalue weighted by Gasteiger charge is -2.08. The Balaban J connectivity index is 1.55. The molecule has 4 aromatic rings. The lowest BCUT2D eigenvalue weighted by atomic mass is 10.1. The Bertz CT molecular complexity index is 1250. The Kier molecular flexibility index (Phi) is 5.22. The number of fused-ring (bicyclic) bond motifs is 1. The van der Waals surface area contributed by atoms with Gasteiger partial charge in [-0.3, -0.25) is 14.2 Å². The third-order valence-electron chi connectivity index (χ3n) is 4.52. The number of rotatable bonds is 5. The van der Waals surface area contributed by atoms with E-state index >= 15 is 0 Å². The molecule has 0 atom stereocenters. The molecular weight excluding hydrogens is 436 g/mol. The van der Waals surface area contributed by atoms with Crippen LogP contribution in [0.25, 0.3) is 11.2 Å². The molecule has 4 rings (SSSR count). The lowest BCUT2D eigenvalue weighted by molar-refractivity contribution is -0.116. The third-order valence-corrected chi connectivity index (χ3v) is 5.04. The number of anilines is 1. The van der Waals surface area contributed by atoms with Crippen LogP contribution in [0.15, 0.2) is 64.1 Å². The van der Waals surface area contributed by atoms with E-state index < -0.39 is 5.56 Å². The maximum atomic E-state index is 12.7. The minimum atomic E-state index is -0.406. The highest BCUT2D eigenvalue weighted by molar-refractivity contribution is 9.10. The Morgan fingerprint density at radius 1 is 1.14 bits per heavy atom. The maximum absolute atomic E-state index is 12.7. The molecule has 1 amide bonds. The van der Waals surface area contributed by atoms with E-state index in [1.54, 1.807) is 16.8 Å². The average molecular weight is 453 g/mol. The zero-order valence-electron chi connectivity index (χ0n) is 15.5. The number of carbonyl (C=O) groups excluding carboxylic acids is 1. The van der Waals surface area contributed by atoms with Gasteiger partial charge in [0.15, 0.2) is 11.2 Å². The van der Waals surface area contributed by atoms with Gasteiger partial charge in [0.2, 0.25) is 5.91 Å². The van der Waals surface area contributed by atoms with Crippen molar-refractivity contribution in [3.63, 3.8) is 0 Å². The monoisotopic (exact) mass is 452 g/mol. The van der Waals surface area contributed by atoms with Crippen LogP contribution in [-0.2, 0) is 17.9 Å². The number of aryl methyl sites for hydroxylation is 1. The molecule has 0 radical (unpaired) electrons. The SMILES string of the molecule is Cc1ccccc1Cn1nnc2c(=O)n(CC(=O)Nc3ccc(Br)cc3)cnc21. The second-order valence-corrected chi connectivity index (χ2v) is 7.49. The van der Waals surface area contributed by atoms with Crippen LogP contribution in [0.2, 0.25) is 0 Å². The van der Waals surface area contributed by atoms with E-state index in [0.29, 0.717) is 17.9 Å². The largest absolute Gasteiger partial charge is 0.325 e. The summed E-state index contributed by atoms with van der Waals surface area (Å²) in [5.74, 6) is -0.331. The first-order valence-electron chi connectivity index (χ1n) is 8.90. The van der Waals surface area contributed by atoms with E-state index in [-0.39, 0.29) is 18.0 Å². The van der Waals surface area contributed by atoms with Crippen molar-refractivity contribution in [2.24, 2.45) is 0 Å². The second kappa shape index (κ2) is 7.96. The van der Waals surface area contributed by atoms with Gasteiger partial charge in [-0.1, -0.05) is 45.4 Å². The summed E-state index contributed by atoms with van der Waals surface area (Å²) in [6.07, 6.45) is 1.35. The molecule has 2 aromatic carbocycles. The summed E-state index contributed by atoms with van der Waals surface area (Å²) in [5.41, 5.74) is 2.95. The number of aromatic nitrogens is 5. The zero-order chi connectivity index (χ0) is 20.4. The summed E-state index contributed by atoms with van der Waals surface area (Å²) < 4.78 is 3.73. The van der Waals surface area contributed by atoms with Crippen LogP contribution in [0.1, 0.15) is 11.1 Å². The highest BCUT2D eigenvalue weighted by Crippen LogP contribution is 2.14. The van der Waals surface area contributed by atoms with Gasteiger partial charge in [0, 0.05) is 10.2 Å². The van der Waals surface area contributed by atoms with Crippen molar-refractivity contribution in [3.05, 3.63) is 80.8 Å². The Labute approximate surface area is 174 Å². The fourth-order valence-corrected chi connectivity index (χ4v) is 3.21. The van der Waals surface area contributed by atoms with E-state index in [1.165, 1.54) is 10.9 Å². The average Bonchev–Trinajstić information content (AvgIpc) is 3.11. The van der Waals surface area contributed by atoms with Gasteiger partial charge in [-0.25, -0.2) is 9.67 Å². The molecule has 9 heteroatoms. The van der Waals surface area contributed by atoms with Gasteiger partial charge in [-0.2, -0.15) is 0 Å². The summed E-state index contributed by atoms with van der Waals surface area (Å²) in [4.78, 5) is 29.3. The van der Waals surface area contributed by atoms with Crippen molar-refractivity contribution < 1.29 is 4.79 Å². The normalized spacial score (nSPS) is 11.0. The third kappa shape index (κ3) is 4.09. The molecule has 8 nitrogen and oxygen atoms in total. The molecule has 0 unspecified atom stereocenters. The van der Waals surface area contributed by atoms with Crippen molar-refractivity contribution in [2.75, 3.05) is 5.32 Å². The summed E-state index contributed by atoms with van der Waals surface area (Å²) >= 11 is 3.34. The Morgan fingerprint density at radius 2 is 1.90 bits per heavy atom. The van der Waals surface area contributed by atoms with Crippen LogP contribution >= 0.6 is 15.9 Å². The van der Waals surface area contributed by atoms with E-state index in [1.807, 2.05) is 43.3 Å². The van der Waals surface area contributed by atoms with Crippen molar-refractivity contribution >= 4 is 38.7 Å². The number of nitrogens with one attached hydrogen (secondary N) is 1. The number of amides is 1. The molecule has 29 heavy (non-hydrogen) atoms. The molecule has 0 aliphatic carbocycles. The van der Waals surface area contributed by atoms with Crippen molar-refractivity contribution in [2.45, 2.75) is 20.0 Å². The number of carbonyl (C=O) groups is 1. The fraction of sp³-hybridized carbons (Fsp3) is 0.150. The Morgan fingerprint density at radius 3 is 2.66 bits per heavy atom. The van der Waals surface area contributed by atoms with Crippen LogP contribution in [0.5, 0.6) is 0 Å². The molecule has 146 valence electrons. The van der Waals surface area contributed by atoms with Gasteiger partial charge in [0.05, 0.1) is 6.54 Å². The van der Waals surface area contributed by atoms with Crippen LogP contribution in [0, 0.1) is 6.92 Å². The predicted octanol–water partition coefficient (Wildman–Crippen LogP) is 2.75. The molecule has 0 spiro atoms. The number of nitrogens with zero attached hydrogens (tertiary/aromatic N) is 5. The van der Waals surface area contributed by atoms with Crippen molar-refractivity contribution in [3.8, 4) is 0 Å². The molecule has 1 N–H and O–H groups in total. The molecule has 2 heterocycles. The van der Waals surface area contributed by atoms with Crippen LogP contribution in [0.3, 0.4) is 0 Å². The van der Waals surface area contributed by atoms with Crippen LogP contribution in [-0.4, -0.2) is 30.5 Å². The molecule has 0 saturated heterocycles. The lowest BCUT2D eigenvalue weighted by Crippen LogP contribution is -2.28. The number of hydrogen-bond donors (Lipinski definition) is 1. The van der Waals surface area contributed by atoms with Gasteiger partial charge in [0.25, 0.3) is 5.56 Å². The predicted molar refractivity (Wildman–Crippen MR) is 113 cm³/mol. The topological polar surface area (TPSA) is 94.7 Å². The molecule has 0 aliphatic heterocycles. The highest BCUT2D eigenvalue weighted by atomic mass is 79.9. The number of benzene rings is 2. The highest BCUT2D eigenvalue weighted by Gasteiger charge is 2.14. The first-order valence-corrected chi connectivity index (χ1v) is 9.69. The molecule has 0 aliphatic rings. The van der Waals surface area contributed by atoms with Gasteiger partial charge in [-0.15, -0.1) is 5.10 Å². The Hall–Kier alpha value is -3.33. The van der Waals surface area contributed by atoms with E-state index in [2.05, 4.69) is 36.5 Å². The van der Waals surface area contributed by atoms with E-state index in [4.69, 9.17) is 0 Å². The summed E-state index contributed by atoms with van der Waals surface area (Å²) in [6.45, 7) is 2.31. The van der Waals surface area contributed by atoms with Crippen molar-refractivity contribution in [1.82, 2.24) is 24.5 Å². The maximum Gasteiger partial charge on any atom is 0.283 e. The van der Waals surface area contributed by atoms with Crippen LogP contribution in [0.4, 0.5) is 5.69 Å². The van der Waals surface area contributed by atoms with Gasteiger partial charge < -0.3 is 5.32 Å². The van der Waals surface area contributed by atoms with E-state index in [0.717, 1.165) is 15.6 Å². The van der Waals surface area contributed by atoms with Crippen molar-refractivity contribution in [1.29, 1.82) is 0 Å². The molecular formula is C20H17BrN6O2. The molecule has 0 bridgehead atoms. The van der Waals surface area contributed by atoms with E-state index in [9.17, 15) is 9.59 Å². The summed E-state index contributed by atoms with van der Waals surface area (Å²) in [7, 11) is 0.